The topological polar surface area (TPSA) is 48.4 Å². The molecule has 0 radical (unpaired) electrons. The van der Waals surface area contributed by atoms with Gasteiger partial charge in [-0.3, -0.25) is 0 Å². The summed E-state index contributed by atoms with van der Waals surface area (Å²) in [6.07, 6.45) is 23.0. The van der Waals surface area contributed by atoms with E-state index in [1.807, 2.05) is 0 Å². The lowest BCUT2D eigenvalue weighted by Crippen LogP contribution is -2.22. The second-order valence-corrected chi connectivity index (χ2v) is 19.6. The SMILES string of the molecule is CC1=CC(N(c2ccc(-c3nc(C4=CC=C(N(C5=CC=CC(C)C=C5)c5cccc(C)c5)CC4)nc(-c4ccc(N(c5cccc(C)c5)c5cccc(C)c5)cc4)n3)cc2)c2cccc(C)c2)=CC(C)C1. The lowest BCUT2D eigenvalue weighted by atomic mass is 9.94. The highest BCUT2D eigenvalue weighted by atomic mass is 15.2. The fourth-order valence-corrected chi connectivity index (χ4v) is 9.94. The van der Waals surface area contributed by atoms with Crippen molar-refractivity contribution < 1.29 is 0 Å². The summed E-state index contributed by atoms with van der Waals surface area (Å²) in [6, 6.07) is 52.2. The Morgan fingerprint density at radius 2 is 0.944 bits per heavy atom. The van der Waals surface area contributed by atoms with E-state index >= 15 is 0 Å². The number of aryl methyl sites for hydroxylation is 4. The molecule has 2 atom stereocenters. The maximum atomic E-state index is 5.29. The summed E-state index contributed by atoms with van der Waals surface area (Å²) in [4.78, 5) is 22.9. The molecule has 7 aromatic rings. The molecular weight excluding hydrogens is 865 g/mol. The summed E-state index contributed by atoms with van der Waals surface area (Å²) < 4.78 is 0. The van der Waals surface area contributed by atoms with E-state index in [2.05, 4.69) is 263 Å². The third-order valence-electron chi connectivity index (χ3n) is 13.4. The fourth-order valence-electron chi connectivity index (χ4n) is 9.94. The van der Waals surface area contributed by atoms with Gasteiger partial charge >= 0.3 is 0 Å². The number of rotatable bonds is 12. The van der Waals surface area contributed by atoms with Crippen molar-refractivity contribution in [2.45, 2.75) is 67.7 Å². The molecule has 71 heavy (non-hydrogen) atoms. The molecule has 0 spiro atoms. The van der Waals surface area contributed by atoms with Crippen LogP contribution < -0.4 is 14.7 Å². The minimum Gasteiger partial charge on any atom is -0.314 e. The van der Waals surface area contributed by atoms with Gasteiger partial charge in [0, 0.05) is 62.3 Å². The Morgan fingerprint density at radius 1 is 0.451 bits per heavy atom. The number of hydrogen-bond donors (Lipinski definition) is 0. The van der Waals surface area contributed by atoms with E-state index in [-0.39, 0.29) is 0 Å². The van der Waals surface area contributed by atoms with Crippen LogP contribution in [0.2, 0.25) is 0 Å². The molecule has 1 heterocycles. The van der Waals surface area contributed by atoms with Gasteiger partial charge in [-0.15, -0.1) is 0 Å². The van der Waals surface area contributed by atoms with E-state index in [1.165, 1.54) is 39.2 Å². The molecule has 6 nitrogen and oxygen atoms in total. The van der Waals surface area contributed by atoms with Crippen LogP contribution in [-0.4, -0.2) is 15.0 Å². The summed E-state index contributed by atoms with van der Waals surface area (Å²) in [5.74, 6) is 2.76. The molecule has 0 N–H and O–H groups in total. The van der Waals surface area contributed by atoms with Gasteiger partial charge in [0.25, 0.3) is 0 Å². The standard InChI is InChI=1S/C65H62N6/c1-44-13-8-18-54(30-23-44)69(58-19-9-14-45(2)38-58)55-31-24-51(25-32-55)63-66-64(52-26-33-56(34-27-52)70(59-20-10-15-46(3)39-59)60-21-11-16-47(4)40-60)68-65(67-63)53-28-35-57(36-29-53)71(61-22-12-17-48(5)41-61)62-42-49(6)37-50(7)43-62/h8-24,26-31,33-36,38-44,49H,25,32,37H2,1-7H3. The van der Waals surface area contributed by atoms with Gasteiger partial charge in [-0.25, -0.2) is 15.0 Å². The molecule has 2 unspecified atom stereocenters. The van der Waals surface area contributed by atoms with Crippen molar-refractivity contribution in [2.75, 3.05) is 14.7 Å². The van der Waals surface area contributed by atoms with Crippen molar-refractivity contribution in [3.05, 3.63) is 251 Å². The van der Waals surface area contributed by atoms with Crippen LogP contribution in [0.15, 0.2) is 223 Å². The zero-order valence-electron chi connectivity index (χ0n) is 42.0. The highest BCUT2D eigenvalue weighted by molar-refractivity contribution is 5.79. The summed E-state index contributed by atoms with van der Waals surface area (Å²) >= 11 is 0. The van der Waals surface area contributed by atoms with Crippen molar-refractivity contribution >= 4 is 39.7 Å². The minimum atomic E-state index is 0.362. The monoisotopic (exact) mass is 927 g/mol. The first kappa shape index (κ1) is 46.6. The third-order valence-corrected chi connectivity index (χ3v) is 13.4. The van der Waals surface area contributed by atoms with Crippen molar-refractivity contribution in [3.63, 3.8) is 0 Å². The molecule has 0 saturated carbocycles. The first-order valence-corrected chi connectivity index (χ1v) is 25.0. The van der Waals surface area contributed by atoms with Gasteiger partial charge in [-0.2, -0.15) is 0 Å². The summed E-state index contributed by atoms with van der Waals surface area (Å²) in [6.45, 7) is 15.3. The average molecular weight is 927 g/mol. The van der Waals surface area contributed by atoms with Gasteiger partial charge in [-0.1, -0.05) is 98.3 Å². The molecule has 0 saturated heterocycles. The molecule has 6 aromatic carbocycles. The van der Waals surface area contributed by atoms with E-state index in [0.29, 0.717) is 29.3 Å². The zero-order chi connectivity index (χ0) is 49.0. The largest absolute Gasteiger partial charge is 0.314 e. The van der Waals surface area contributed by atoms with Crippen LogP contribution in [0.5, 0.6) is 0 Å². The summed E-state index contributed by atoms with van der Waals surface area (Å²) in [7, 11) is 0. The number of allylic oxidation sites excluding steroid dienone is 12. The van der Waals surface area contributed by atoms with Gasteiger partial charge in [-0.05, 0) is 215 Å². The summed E-state index contributed by atoms with van der Waals surface area (Å²) in [5, 5.41) is 0. The molecule has 0 amide bonds. The van der Waals surface area contributed by atoms with Gasteiger partial charge in [0.05, 0.1) is 0 Å². The van der Waals surface area contributed by atoms with Crippen LogP contribution in [-0.2, 0) is 0 Å². The fraction of sp³-hybridized carbons (Fsp3) is 0.185. The van der Waals surface area contributed by atoms with E-state index in [4.69, 9.17) is 15.0 Å². The van der Waals surface area contributed by atoms with E-state index in [1.54, 1.807) is 0 Å². The van der Waals surface area contributed by atoms with Crippen molar-refractivity contribution in [1.82, 2.24) is 15.0 Å². The van der Waals surface area contributed by atoms with Crippen LogP contribution >= 0.6 is 0 Å². The van der Waals surface area contributed by atoms with Crippen LogP contribution in [0.3, 0.4) is 0 Å². The molecule has 10 rings (SSSR count). The Labute approximate surface area is 420 Å². The quantitative estimate of drug-likeness (QED) is 0.122. The second kappa shape index (κ2) is 20.5. The van der Waals surface area contributed by atoms with Gasteiger partial charge < -0.3 is 14.7 Å². The maximum Gasteiger partial charge on any atom is 0.164 e. The lowest BCUT2D eigenvalue weighted by molar-refractivity contribution is 0.697. The molecule has 3 aliphatic rings. The number of hydrogen-bond acceptors (Lipinski definition) is 6. The first-order valence-electron chi connectivity index (χ1n) is 25.0. The third kappa shape index (κ3) is 10.6. The maximum absolute atomic E-state index is 5.29. The Bertz CT molecular complexity index is 3280. The Morgan fingerprint density at radius 3 is 1.44 bits per heavy atom. The van der Waals surface area contributed by atoms with Crippen molar-refractivity contribution in [3.8, 4) is 22.8 Å². The van der Waals surface area contributed by atoms with E-state index in [0.717, 1.165) is 75.8 Å². The molecule has 0 fully saturated rings. The first-order chi connectivity index (χ1) is 34.5. The molecule has 0 aliphatic heterocycles. The predicted octanol–water partition coefficient (Wildman–Crippen LogP) is 17.1. The number of nitrogens with zero attached hydrogens (tertiary/aromatic N) is 6. The molecule has 6 heteroatoms. The number of anilines is 6. The number of aromatic nitrogens is 3. The predicted molar refractivity (Wildman–Crippen MR) is 298 cm³/mol. The van der Waals surface area contributed by atoms with Gasteiger partial charge in [0.15, 0.2) is 17.5 Å². The van der Waals surface area contributed by atoms with Crippen LogP contribution in [0.1, 0.15) is 68.1 Å². The number of benzene rings is 6. The van der Waals surface area contributed by atoms with Crippen LogP contribution in [0.25, 0.3) is 28.3 Å². The van der Waals surface area contributed by atoms with E-state index < -0.39 is 0 Å². The van der Waals surface area contributed by atoms with Crippen molar-refractivity contribution in [2.24, 2.45) is 11.8 Å². The smallest absolute Gasteiger partial charge is 0.164 e. The highest BCUT2D eigenvalue weighted by Gasteiger charge is 2.23. The Kier molecular flexibility index (Phi) is 13.4. The molecular formula is C65H62N6. The zero-order valence-corrected chi connectivity index (χ0v) is 42.0. The molecule has 352 valence electrons. The lowest BCUT2D eigenvalue weighted by Gasteiger charge is -2.30. The Hall–Kier alpha value is -8.09. The molecule has 3 aliphatic carbocycles. The van der Waals surface area contributed by atoms with Crippen LogP contribution in [0.4, 0.5) is 34.1 Å². The van der Waals surface area contributed by atoms with Crippen LogP contribution in [0, 0.1) is 39.5 Å². The van der Waals surface area contributed by atoms with Crippen molar-refractivity contribution in [1.29, 1.82) is 0 Å². The molecule has 0 bridgehead atoms. The molecule has 1 aromatic heterocycles. The highest BCUT2D eigenvalue weighted by Crippen LogP contribution is 2.40. The van der Waals surface area contributed by atoms with Gasteiger partial charge in [0.1, 0.15) is 0 Å². The average Bonchev–Trinajstić information content (AvgIpc) is 3.58. The van der Waals surface area contributed by atoms with E-state index in [9.17, 15) is 0 Å². The normalized spacial score (nSPS) is 16.5. The second-order valence-electron chi connectivity index (χ2n) is 19.6. The minimum absolute atomic E-state index is 0.362. The Balaban J connectivity index is 1.06. The van der Waals surface area contributed by atoms with Gasteiger partial charge in [0.2, 0.25) is 0 Å². The summed E-state index contributed by atoms with van der Waals surface area (Å²) in [5.41, 5.74) is 19.3.